The van der Waals surface area contributed by atoms with Gasteiger partial charge in [0.1, 0.15) is 116 Å². The molecule has 74 heavy (non-hydrogen) atoms. The molecule has 0 aliphatic carbocycles. The smallest absolute Gasteiger partial charge is 0.364 e. The second kappa shape index (κ2) is 27.8. The predicted molar refractivity (Wildman–Crippen MR) is 234 cm³/mol. The van der Waals surface area contributed by atoms with Crippen LogP contribution in [0.1, 0.15) is 39.5 Å². The van der Waals surface area contributed by atoms with E-state index in [1.54, 1.807) is 0 Å². The summed E-state index contributed by atoms with van der Waals surface area (Å²) in [5.41, 5.74) is 5.55. The van der Waals surface area contributed by atoms with Crippen molar-refractivity contribution >= 4 is 17.8 Å². The molecule has 32 nitrogen and oxygen atoms in total. The van der Waals surface area contributed by atoms with Crippen molar-refractivity contribution in [3.8, 4) is 0 Å². The van der Waals surface area contributed by atoms with Crippen LogP contribution in [0.3, 0.4) is 0 Å². The van der Waals surface area contributed by atoms with Gasteiger partial charge in [0.15, 0.2) is 25.2 Å². The van der Waals surface area contributed by atoms with Gasteiger partial charge in [-0.1, -0.05) is 0 Å². The molecule has 5 aliphatic rings. The Hall–Kier alpha value is -2.63. The summed E-state index contributed by atoms with van der Waals surface area (Å²) in [4.78, 5) is 38.5. The maximum Gasteiger partial charge on any atom is 0.364 e. The highest BCUT2D eigenvalue weighted by atomic mass is 16.8. The fourth-order valence-corrected chi connectivity index (χ4v) is 9.28. The van der Waals surface area contributed by atoms with Gasteiger partial charge in [-0.25, -0.2) is 4.79 Å². The summed E-state index contributed by atoms with van der Waals surface area (Å²) in [5.74, 6) is -7.17. The van der Waals surface area contributed by atoms with Gasteiger partial charge in [0.05, 0.1) is 45.2 Å². The number of unbranched alkanes of at least 4 members (excludes halogenated alkanes) is 2. The van der Waals surface area contributed by atoms with Crippen molar-refractivity contribution in [3.63, 3.8) is 0 Å². The summed E-state index contributed by atoms with van der Waals surface area (Å²) in [6.07, 6.45) is -45.4. The van der Waals surface area contributed by atoms with Gasteiger partial charge in [0, 0.05) is 26.9 Å². The molecule has 0 aromatic heterocycles. The van der Waals surface area contributed by atoms with Crippen LogP contribution in [0, 0.1) is 0 Å². The largest absolute Gasteiger partial charge is 0.477 e. The molecule has 2 amide bonds. The van der Waals surface area contributed by atoms with Crippen LogP contribution in [-0.4, -0.2) is 305 Å². The third-order valence-corrected chi connectivity index (χ3v) is 13.2. The fourth-order valence-electron chi connectivity index (χ4n) is 9.28. The van der Waals surface area contributed by atoms with Gasteiger partial charge < -0.3 is 145 Å². The molecular weight excluding hydrogens is 1010 g/mol. The number of carbonyl (C=O) groups is 3. The van der Waals surface area contributed by atoms with Crippen molar-refractivity contribution in [1.82, 2.24) is 10.6 Å². The zero-order chi connectivity index (χ0) is 54.9. The quantitative estimate of drug-likeness (QED) is 0.0399. The summed E-state index contributed by atoms with van der Waals surface area (Å²) in [7, 11) is 0. The van der Waals surface area contributed by atoms with Gasteiger partial charge in [-0.2, -0.15) is 0 Å². The first-order valence-corrected chi connectivity index (χ1v) is 23.9. The molecule has 5 aliphatic heterocycles. The molecule has 20 N–H and O–H groups in total. The normalized spacial score (nSPS) is 43.8. The Kier molecular flexibility index (Phi) is 23.4. The number of aliphatic carboxylic acids is 1. The lowest BCUT2D eigenvalue weighted by atomic mass is 9.88. The molecule has 32 heteroatoms. The number of nitrogens with one attached hydrogen (secondary N) is 2. The van der Waals surface area contributed by atoms with Crippen LogP contribution < -0.4 is 16.4 Å². The average Bonchev–Trinajstić information content (AvgIpc) is 3.36. The molecule has 0 radical (unpaired) electrons. The molecule has 0 aromatic rings. The van der Waals surface area contributed by atoms with E-state index in [4.69, 9.17) is 53.1 Å². The van der Waals surface area contributed by atoms with E-state index in [2.05, 4.69) is 10.6 Å². The highest BCUT2D eigenvalue weighted by Crippen LogP contribution is 2.41. The second-order valence-electron chi connectivity index (χ2n) is 18.5. The lowest BCUT2D eigenvalue weighted by molar-refractivity contribution is -0.403. The highest BCUT2D eigenvalue weighted by molar-refractivity contribution is 5.76. The fraction of sp³-hybridized carbons (Fsp3) is 0.929. The Morgan fingerprint density at radius 3 is 1.69 bits per heavy atom. The first kappa shape index (κ1) is 62.2. The summed E-state index contributed by atoms with van der Waals surface area (Å²) in [5, 5.41) is 178. The van der Waals surface area contributed by atoms with E-state index in [1.165, 1.54) is 0 Å². The standard InChI is InChI=1S/C42H73N3O29/c1-14(51)44-22-16(53)8-42(41(63)64,73-34(22)24(55)17(54)9-46)74-36-31(62)40(72-35-26(57)19(11-48)66-38(30(35)61)65-7-5-3-4-6-43)69-21(13-50)33(36)71-37-23(45-15(2)52)27(58)32(20(12-49)68-37)70-39-29(60)28(59)25(56)18(10-47)67-39/h16-40,46-50,53-62H,3-13,43H2,1-2H3,(H,44,51)(H,45,52)(H,63,64)/t16-,17+,18+,19+,20+,21+,22+,23+,24+,25-,26+,27+,28-,29+,30+,31+,32-,33-,34+,35-,36+,37+,38+,39-,40-,42+/m0/s1. The van der Waals surface area contributed by atoms with Gasteiger partial charge in [-0.3, -0.25) is 9.59 Å². The molecule has 430 valence electrons. The Labute approximate surface area is 421 Å². The number of hydrogen-bond donors (Lipinski definition) is 19. The van der Waals surface area contributed by atoms with E-state index in [0.29, 0.717) is 25.8 Å². The third kappa shape index (κ3) is 14.2. The van der Waals surface area contributed by atoms with Crippen molar-refractivity contribution in [3.05, 3.63) is 0 Å². The van der Waals surface area contributed by atoms with E-state index in [9.17, 15) is 96.1 Å². The van der Waals surface area contributed by atoms with Crippen molar-refractivity contribution in [2.45, 2.75) is 199 Å². The van der Waals surface area contributed by atoms with E-state index in [1.807, 2.05) is 0 Å². The van der Waals surface area contributed by atoms with Gasteiger partial charge in [0.2, 0.25) is 11.8 Å². The van der Waals surface area contributed by atoms with Crippen LogP contribution in [-0.2, 0) is 61.8 Å². The van der Waals surface area contributed by atoms with Crippen molar-refractivity contribution < 1.29 is 143 Å². The monoisotopic (exact) mass is 1080 g/mol. The van der Waals surface area contributed by atoms with Crippen LogP contribution in [0.2, 0.25) is 0 Å². The number of carboxylic acid groups (broad SMARTS) is 1. The maximum absolute atomic E-state index is 13.5. The number of rotatable bonds is 24. The number of aliphatic hydroxyl groups excluding tert-OH is 15. The molecule has 26 atom stereocenters. The molecule has 5 rings (SSSR count). The molecule has 5 saturated heterocycles. The van der Waals surface area contributed by atoms with Crippen LogP contribution in [0.5, 0.6) is 0 Å². The number of hydrogen-bond acceptors (Lipinski definition) is 29. The Bertz CT molecular complexity index is 1760. The van der Waals surface area contributed by atoms with Crippen LogP contribution in [0.4, 0.5) is 0 Å². The summed E-state index contributed by atoms with van der Waals surface area (Å²) >= 11 is 0. The molecule has 5 heterocycles. The number of ether oxygens (including phenoxy) is 10. The Morgan fingerprint density at radius 1 is 0.595 bits per heavy atom. The Morgan fingerprint density at radius 2 is 1.11 bits per heavy atom. The van der Waals surface area contributed by atoms with E-state index in [-0.39, 0.29) is 6.61 Å². The first-order chi connectivity index (χ1) is 35.0. The number of carboxylic acids is 1. The summed E-state index contributed by atoms with van der Waals surface area (Å²) in [6.45, 7) is -2.88. The van der Waals surface area contributed by atoms with E-state index in [0.717, 1.165) is 13.8 Å². The lowest BCUT2D eigenvalue weighted by Crippen LogP contribution is -2.72. The van der Waals surface area contributed by atoms with E-state index < -0.39 is 216 Å². The number of nitrogens with two attached hydrogens (primary N) is 1. The van der Waals surface area contributed by atoms with E-state index >= 15 is 0 Å². The number of amides is 2. The molecule has 0 unspecified atom stereocenters. The minimum Gasteiger partial charge on any atom is -0.477 e. The average molecular weight is 1080 g/mol. The minimum absolute atomic E-state index is 0.0150. The summed E-state index contributed by atoms with van der Waals surface area (Å²) in [6, 6.07) is -3.59. The van der Waals surface area contributed by atoms with Crippen molar-refractivity contribution in [2.24, 2.45) is 5.73 Å². The van der Waals surface area contributed by atoms with Crippen LogP contribution in [0.15, 0.2) is 0 Å². The molecule has 5 fully saturated rings. The lowest BCUT2D eigenvalue weighted by Gasteiger charge is -2.52. The van der Waals surface area contributed by atoms with Crippen molar-refractivity contribution in [2.75, 3.05) is 46.2 Å². The zero-order valence-corrected chi connectivity index (χ0v) is 40.3. The van der Waals surface area contributed by atoms with Gasteiger partial charge in [-0.05, 0) is 25.8 Å². The zero-order valence-electron chi connectivity index (χ0n) is 40.3. The first-order valence-electron chi connectivity index (χ1n) is 23.9. The number of carbonyl (C=O) groups excluding carboxylic acids is 2. The van der Waals surface area contributed by atoms with Gasteiger partial charge >= 0.3 is 5.97 Å². The molecule has 0 saturated carbocycles. The highest BCUT2D eigenvalue weighted by Gasteiger charge is 2.62. The van der Waals surface area contributed by atoms with Crippen molar-refractivity contribution in [1.29, 1.82) is 0 Å². The molecular formula is C42H73N3O29. The predicted octanol–water partition coefficient (Wildman–Crippen LogP) is -11.3. The second-order valence-corrected chi connectivity index (χ2v) is 18.5. The Balaban J connectivity index is 1.56. The van der Waals surface area contributed by atoms with Gasteiger partial charge in [-0.15, -0.1) is 0 Å². The minimum atomic E-state index is -3.31. The van der Waals surface area contributed by atoms with Crippen LogP contribution >= 0.6 is 0 Å². The molecule has 0 spiro atoms. The maximum atomic E-state index is 13.5. The van der Waals surface area contributed by atoms with Crippen LogP contribution in [0.25, 0.3) is 0 Å². The number of aliphatic hydroxyl groups is 15. The molecule has 0 bridgehead atoms. The van der Waals surface area contributed by atoms with Gasteiger partial charge in [0.25, 0.3) is 5.79 Å². The SMILES string of the molecule is CC(=O)N[C@H]1[C@@H](O[C@@H]2[C@H](O[C@@]3(C(=O)O)C[C@H](O)[C@@H](NC(C)=O)[C@H]([C@H](O)[C@H](O)CO)O3)[C@@H](O)[C@H](O[C@@H]3[C@@H](O)[C@H](OCCCCCN)O[C@H](CO)[C@H]3O)O[C@@H]2CO)O[C@H](CO)[C@H](O[C@@H]2O[C@H](CO)[C@H](O)[C@H](O)[C@H]2O)[C@@H]1O. The topological polar surface area (TPSA) is 517 Å². The third-order valence-electron chi connectivity index (χ3n) is 13.2. The molecule has 0 aromatic carbocycles. The summed E-state index contributed by atoms with van der Waals surface area (Å²) < 4.78 is 58.3.